The second-order valence-electron chi connectivity index (χ2n) is 4.74. The van der Waals surface area contributed by atoms with E-state index in [4.69, 9.17) is 16.3 Å². The molecule has 0 aliphatic carbocycles. The Bertz CT molecular complexity index is 632. The van der Waals surface area contributed by atoms with Gasteiger partial charge in [0.2, 0.25) is 0 Å². The third-order valence-electron chi connectivity index (χ3n) is 3.02. The molecule has 6 heteroatoms. The van der Waals surface area contributed by atoms with Gasteiger partial charge >= 0.3 is 0 Å². The minimum Gasteiger partial charge on any atom is -0.504 e. The number of nitrogens with zero attached hydrogens (tertiary/aromatic N) is 2. The Kier molecular flexibility index (Phi) is 4.75. The first-order valence-electron chi connectivity index (χ1n) is 6.44. The number of anilines is 2. The molecule has 0 saturated carbocycles. The third kappa shape index (κ3) is 3.49. The van der Waals surface area contributed by atoms with Crippen LogP contribution in [-0.2, 0) is 6.54 Å². The van der Waals surface area contributed by atoms with Crippen LogP contribution in [0.3, 0.4) is 0 Å². The maximum absolute atomic E-state index is 10.1. The molecule has 0 aliphatic rings. The average Bonchev–Trinajstić information content (AvgIpc) is 2.47. The molecule has 112 valence electrons. The highest BCUT2D eigenvalue weighted by atomic mass is 35.5. The number of halogens is 1. The van der Waals surface area contributed by atoms with Crippen LogP contribution in [0.1, 0.15) is 5.56 Å². The van der Waals surface area contributed by atoms with Crippen molar-refractivity contribution in [3.05, 3.63) is 41.0 Å². The summed E-state index contributed by atoms with van der Waals surface area (Å²) in [6, 6.07) is 7.07. The van der Waals surface area contributed by atoms with E-state index in [1.54, 1.807) is 18.3 Å². The minimum absolute atomic E-state index is 0.0877. The number of hydrogen-bond acceptors (Lipinski definition) is 5. The van der Waals surface area contributed by atoms with Crippen molar-refractivity contribution < 1.29 is 9.84 Å². The molecule has 21 heavy (non-hydrogen) atoms. The normalized spacial score (nSPS) is 10.3. The van der Waals surface area contributed by atoms with Gasteiger partial charge in [0.15, 0.2) is 17.3 Å². The van der Waals surface area contributed by atoms with Crippen molar-refractivity contribution in [2.45, 2.75) is 6.54 Å². The molecule has 1 aromatic carbocycles. The lowest BCUT2D eigenvalue weighted by molar-refractivity contribution is 0.371. The van der Waals surface area contributed by atoms with E-state index in [2.05, 4.69) is 10.3 Å². The van der Waals surface area contributed by atoms with Crippen LogP contribution < -0.4 is 15.0 Å². The maximum atomic E-state index is 10.1. The summed E-state index contributed by atoms with van der Waals surface area (Å²) in [5.41, 5.74) is 1.54. The first-order chi connectivity index (χ1) is 10.0. The summed E-state index contributed by atoms with van der Waals surface area (Å²) in [5, 5.41) is 13.9. The van der Waals surface area contributed by atoms with Crippen molar-refractivity contribution in [3.8, 4) is 11.5 Å². The Balaban J connectivity index is 2.23. The highest BCUT2D eigenvalue weighted by Gasteiger charge is 2.11. The zero-order chi connectivity index (χ0) is 15.4. The minimum atomic E-state index is 0.0877. The molecule has 0 fully saturated rings. The van der Waals surface area contributed by atoms with Crippen molar-refractivity contribution in [2.24, 2.45) is 0 Å². The summed E-state index contributed by atoms with van der Waals surface area (Å²) in [5.74, 6) is 1.27. The second-order valence-corrected chi connectivity index (χ2v) is 5.17. The highest BCUT2D eigenvalue weighted by Crippen LogP contribution is 2.34. The largest absolute Gasteiger partial charge is 0.504 e. The Morgan fingerprint density at radius 1 is 1.38 bits per heavy atom. The molecule has 0 aliphatic heterocycles. The van der Waals surface area contributed by atoms with Crippen LogP contribution in [0.25, 0.3) is 0 Å². The summed E-state index contributed by atoms with van der Waals surface area (Å²) in [7, 11) is 5.34. The van der Waals surface area contributed by atoms with Crippen LogP contribution in [-0.4, -0.2) is 31.3 Å². The predicted octanol–water partition coefficient (Wildman–Crippen LogP) is 3.13. The molecule has 0 radical (unpaired) electrons. The molecule has 5 nitrogen and oxygen atoms in total. The van der Waals surface area contributed by atoms with Gasteiger partial charge in [-0.05, 0) is 18.2 Å². The standard InChI is InChI=1S/C15H18ClN3O2/c1-19(2)15-12(5-4-6-17-15)18-9-10-7-11(16)8-13(21-3)14(10)20/h4-8,18,20H,9H2,1-3H3. The number of benzene rings is 1. The predicted molar refractivity (Wildman–Crippen MR) is 85.6 cm³/mol. The Morgan fingerprint density at radius 3 is 2.81 bits per heavy atom. The van der Waals surface area contributed by atoms with Gasteiger partial charge in [-0.25, -0.2) is 4.98 Å². The Morgan fingerprint density at radius 2 is 2.14 bits per heavy atom. The number of aromatic hydroxyl groups is 1. The topological polar surface area (TPSA) is 57.6 Å². The van der Waals surface area contributed by atoms with Crippen molar-refractivity contribution in [1.29, 1.82) is 0 Å². The van der Waals surface area contributed by atoms with Gasteiger partial charge in [-0.1, -0.05) is 11.6 Å². The molecule has 0 unspecified atom stereocenters. The molecule has 1 heterocycles. The van der Waals surface area contributed by atoms with E-state index < -0.39 is 0 Å². The molecule has 0 bridgehead atoms. The number of ether oxygens (including phenoxy) is 1. The fourth-order valence-electron chi connectivity index (χ4n) is 2.00. The first kappa shape index (κ1) is 15.3. The van der Waals surface area contributed by atoms with Crippen molar-refractivity contribution in [2.75, 3.05) is 31.4 Å². The van der Waals surface area contributed by atoms with E-state index in [0.29, 0.717) is 22.9 Å². The second kappa shape index (κ2) is 6.54. The quantitative estimate of drug-likeness (QED) is 0.889. The Labute approximate surface area is 129 Å². The lowest BCUT2D eigenvalue weighted by Gasteiger charge is -2.17. The zero-order valence-corrected chi connectivity index (χ0v) is 13.0. The Hall–Kier alpha value is -2.14. The molecule has 0 atom stereocenters. The van der Waals surface area contributed by atoms with Gasteiger partial charge in [-0.2, -0.15) is 0 Å². The number of phenols is 1. The molecule has 2 aromatic rings. The van der Waals surface area contributed by atoms with E-state index in [-0.39, 0.29) is 5.75 Å². The lowest BCUT2D eigenvalue weighted by atomic mass is 10.1. The average molecular weight is 308 g/mol. The third-order valence-corrected chi connectivity index (χ3v) is 3.24. The molecule has 0 saturated heterocycles. The lowest BCUT2D eigenvalue weighted by Crippen LogP contribution is -2.13. The zero-order valence-electron chi connectivity index (χ0n) is 12.2. The number of methoxy groups -OCH3 is 1. The van der Waals surface area contributed by atoms with Crippen LogP contribution in [0.4, 0.5) is 11.5 Å². The van der Waals surface area contributed by atoms with E-state index in [9.17, 15) is 5.11 Å². The number of nitrogens with one attached hydrogen (secondary N) is 1. The van der Waals surface area contributed by atoms with Gasteiger partial charge in [0.05, 0.1) is 12.8 Å². The maximum Gasteiger partial charge on any atom is 0.162 e. The molecule has 0 amide bonds. The van der Waals surface area contributed by atoms with Crippen molar-refractivity contribution in [3.63, 3.8) is 0 Å². The monoisotopic (exact) mass is 307 g/mol. The van der Waals surface area contributed by atoms with E-state index in [0.717, 1.165) is 11.5 Å². The van der Waals surface area contributed by atoms with Crippen LogP contribution in [0.5, 0.6) is 11.5 Å². The fraction of sp³-hybridized carbons (Fsp3) is 0.267. The number of rotatable bonds is 5. The van der Waals surface area contributed by atoms with Crippen LogP contribution in [0.15, 0.2) is 30.5 Å². The first-order valence-corrected chi connectivity index (χ1v) is 6.82. The number of hydrogen-bond donors (Lipinski definition) is 2. The van der Waals surface area contributed by atoms with E-state index in [1.165, 1.54) is 7.11 Å². The molecule has 0 spiro atoms. The SMILES string of the molecule is COc1cc(Cl)cc(CNc2cccnc2N(C)C)c1O. The van der Waals surface area contributed by atoms with Crippen LogP contribution >= 0.6 is 11.6 Å². The number of aromatic nitrogens is 1. The fourth-order valence-corrected chi connectivity index (χ4v) is 2.23. The molecule has 2 rings (SSSR count). The molecular weight excluding hydrogens is 290 g/mol. The summed E-state index contributed by atoms with van der Waals surface area (Å²) in [6.07, 6.45) is 1.74. The molecule has 1 aromatic heterocycles. The summed E-state index contributed by atoms with van der Waals surface area (Å²) < 4.78 is 5.10. The number of phenolic OH excluding ortho intramolecular Hbond substituents is 1. The van der Waals surface area contributed by atoms with E-state index >= 15 is 0 Å². The molecular formula is C15H18ClN3O2. The van der Waals surface area contributed by atoms with Gasteiger partial charge in [-0.3, -0.25) is 0 Å². The number of pyridine rings is 1. The summed E-state index contributed by atoms with van der Waals surface area (Å²) in [6.45, 7) is 0.412. The summed E-state index contributed by atoms with van der Waals surface area (Å²) >= 11 is 6.02. The van der Waals surface area contributed by atoms with Gasteiger partial charge in [0, 0.05) is 43.5 Å². The smallest absolute Gasteiger partial charge is 0.162 e. The van der Waals surface area contributed by atoms with Crippen molar-refractivity contribution >= 4 is 23.1 Å². The van der Waals surface area contributed by atoms with Gasteiger partial charge in [-0.15, -0.1) is 0 Å². The summed E-state index contributed by atoms with van der Waals surface area (Å²) in [4.78, 5) is 6.23. The van der Waals surface area contributed by atoms with Gasteiger partial charge in [0.1, 0.15) is 0 Å². The van der Waals surface area contributed by atoms with Gasteiger partial charge < -0.3 is 20.1 Å². The van der Waals surface area contributed by atoms with Gasteiger partial charge in [0.25, 0.3) is 0 Å². The highest BCUT2D eigenvalue weighted by molar-refractivity contribution is 6.30. The van der Waals surface area contributed by atoms with E-state index in [1.807, 2.05) is 31.1 Å². The van der Waals surface area contributed by atoms with Crippen molar-refractivity contribution in [1.82, 2.24) is 4.98 Å². The van der Waals surface area contributed by atoms with Crippen LogP contribution in [0, 0.1) is 0 Å². The van der Waals surface area contributed by atoms with Crippen LogP contribution in [0.2, 0.25) is 5.02 Å². The molecule has 2 N–H and O–H groups in total.